The topological polar surface area (TPSA) is 75.4 Å². The second-order valence-electron chi connectivity index (χ2n) is 3.17. The first-order valence-corrected chi connectivity index (χ1v) is 4.82. The number of nitrogens with two attached hydrogens (primary N) is 1. The molecule has 0 aliphatic rings. The van der Waals surface area contributed by atoms with E-state index < -0.39 is 5.91 Å². The average Bonchev–Trinajstić information content (AvgIpc) is 2.12. The fourth-order valence-corrected chi connectivity index (χ4v) is 1.09. The Morgan fingerprint density at radius 2 is 2.07 bits per heavy atom. The van der Waals surface area contributed by atoms with E-state index in [0.717, 1.165) is 12.8 Å². The predicted octanol–water partition coefficient (Wildman–Crippen LogP) is -0.680. The Labute approximate surface area is 84.6 Å². The smallest absolute Gasteiger partial charge is 0.237 e. The number of unbranched alkanes of at least 4 members (excludes halogenated alkanes) is 1. The molecule has 0 aromatic heterocycles. The van der Waals surface area contributed by atoms with Gasteiger partial charge in [0.25, 0.3) is 0 Å². The highest BCUT2D eigenvalue weighted by Gasteiger charge is 2.13. The summed E-state index contributed by atoms with van der Waals surface area (Å²) in [7, 11) is 1.69. The molecule has 0 heterocycles. The Morgan fingerprint density at radius 3 is 2.50 bits per heavy atom. The van der Waals surface area contributed by atoms with Crippen LogP contribution in [0.5, 0.6) is 0 Å². The molecule has 0 atom stereocenters. The molecular formula is C9H19N3O2. The largest absolute Gasteiger partial charge is 0.368 e. The van der Waals surface area contributed by atoms with Crippen LogP contribution in [0.2, 0.25) is 0 Å². The lowest BCUT2D eigenvalue weighted by molar-refractivity contribution is -0.134. The molecule has 0 aromatic carbocycles. The summed E-state index contributed by atoms with van der Waals surface area (Å²) in [5.41, 5.74) is 5.05. The highest BCUT2D eigenvalue weighted by Crippen LogP contribution is 1.95. The lowest BCUT2D eigenvalue weighted by atomic mass is 10.3. The molecule has 2 amide bonds. The van der Waals surface area contributed by atoms with E-state index in [9.17, 15) is 9.59 Å². The molecule has 0 spiro atoms. The molecule has 5 heteroatoms. The zero-order valence-electron chi connectivity index (χ0n) is 8.88. The third-order valence-corrected chi connectivity index (χ3v) is 1.81. The van der Waals surface area contributed by atoms with Crippen molar-refractivity contribution >= 4 is 11.8 Å². The molecule has 0 rings (SSSR count). The Morgan fingerprint density at radius 1 is 1.43 bits per heavy atom. The molecule has 0 fully saturated rings. The third kappa shape index (κ3) is 5.53. The molecule has 0 aromatic rings. The van der Waals surface area contributed by atoms with Crippen molar-refractivity contribution in [1.29, 1.82) is 0 Å². The Hall–Kier alpha value is -1.10. The minimum absolute atomic E-state index is 0.0144. The van der Waals surface area contributed by atoms with E-state index in [4.69, 9.17) is 5.73 Å². The van der Waals surface area contributed by atoms with E-state index in [-0.39, 0.29) is 19.0 Å². The van der Waals surface area contributed by atoms with Gasteiger partial charge >= 0.3 is 0 Å². The lowest BCUT2D eigenvalue weighted by Crippen LogP contribution is -2.42. The first-order valence-electron chi connectivity index (χ1n) is 4.82. The molecule has 3 N–H and O–H groups in total. The summed E-state index contributed by atoms with van der Waals surface area (Å²) in [6.07, 6.45) is 1.88. The monoisotopic (exact) mass is 201 g/mol. The van der Waals surface area contributed by atoms with Gasteiger partial charge in [-0.25, -0.2) is 0 Å². The molecule has 82 valence electrons. The van der Waals surface area contributed by atoms with Crippen LogP contribution in [0.15, 0.2) is 0 Å². The SMILES string of the molecule is CCCCN(CC(N)=O)C(=O)CNC. The van der Waals surface area contributed by atoms with E-state index in [0.29, 0.717) is 6.54 Å². The van der Waals surface area contributed by atoms with Crippen LogP contribution < -0.4 is 11.1 Å². The van der Waals surface area contributed by atoms with Gasteiger partial charge in [-0.15, -0.1) is 0 Å². The van der Waals surface area contributed by atoms with Gasteiger partial charge in [0.15, 0.2) is 0 Å². The van der Waals surface area contributed by atoms with Crippen molar-refractivity contribution in [3.05, 3.63) is 0 Å². The molecule has 14 heavy (non-hydrogen) atoms. The van der Waals surface area contributed by atoms with E-state index in [1.165, 1.54) is 4.90 Å². The summed E-state index contributed by atoms with van der Waals surface area (Å²) in [6, 6.07) is 0. The Bertz CT molecular complexity index is 194. The minimum atomic E-state index is -0.467. The fourth-order valence-electron chi connectivity index (χ4n) is 1.09. The number of hydrogen-bond acceptors (Lipinski definition) is 3. The van der Waals surface area contributed by atoms with Crippen molar-refractivity contribution < 1.29 is 9.59 Å². The van der Waals surface area contributed by atoms with Gasteiger partial charge in [0.1, 0.15) is 0 Å². The maximum atomic E-state index is 11.4. The van der Waals surface area contributed by atoms with E-state index in [1.54, 1.807) is 7.05 Å². The lowest BCUT2D eigenvalue weighted by Gasteiger charge is -2.20. The quantitative estimate of drug-likeness (QED) is 0.573. The highest BCUT2D eigenvalue weighted by atomic mass is 16.2. The third-order valence-electron chi connectivity index (χ3n) is 1.81. The first-order chi connectivity index (χ1) is 6.61. The molecule has 0 aliphatic carbocycles. The van der Waals surface area contributed by atoms with Crippen molar-refractivity contribution in [2.75, 3.05) is 26.7 Å². The summed E-state index contributed by atoms with van der Waals surface area (Å²) in [5.74, 6) is -0.551. The molecule has 0 unspecified atom stereocenters. The van der Waals surface area contributed by atoms with Gasteiger partial charge in [-0.05, 0) is 13.5 Å². The van der Waals surface area contributed by atoms with Crippen molar-refractivity contribution in [3.63, 3.8) is 0 Å². The number of carbonyl (C=O) groups excluding carboxylic acids is 2. The summed E-state index contributed by atoms with van der Waals surface area (Å²) >= 11 is 0. The van der Waals surface area contributed by atoms with Gasteiger partial charge in [-0.3, -0.25) is 9.59 Å². The standard InChI is InChI=1S/C9H19N3O2/c1-3-4-5-12(7-8(10)13)9(14)6-11-2/h11H,3-7H2,1-2H3,(H2,10,13). The van der Waals surface area contributed by atoms with Crippen molar-refractivity contribution in [2.24, 2.45) is 5.73 Å². The predicted molar refractivity (Wildman–Crippen MR) is 54.6 cm³/mol. The zero-order chi connectivity index (χ0) is 11.0. The number of rotatable bonds is 7. The van der Waals surface area contributed by atoms with Crippen LogP contribution in [0.3, 0.4) is 0 Å². The maximum absolute atomic E-state index is 11.4. The summed E-state index contributed by atoms with van der Waals surface area (Å²) in [5, 5.41) is 2.75. The van der Waals surface area contributed by atoms with Crippen LogP contribution in [-0.2, 0) is 9.59 Å². The van der Waals surface area contributed by atoms with Crippen molar-refractivity contribution in [1.82, 2.24) is 10.2 Å². The summed E-state index contributed by atoms with van der Waals surface area (Å²) < 4.78 is 0. The van der Waals surface area contributed by atoms with Gasteiger partial charge in [-0.2, -0.15) is 0 Å². The van der Waals surface area contributed by atoms with Crippen LogP contribution in [-0.4, -0.2) is 43.4 Å². The van der Waals surface area contributed by atoms with E-state index >= 15 is 0 Å². The number of carbonyl (C=O) groups is 2. The number of nitrogens with zero attached hydrogens (tertiary/aromatic N) is 1. The van der Waals surface area contributed by atoms with Gasteiger partial charge in [0.05, 0.1) is 13.1 Å². The van der Waals surface area contributed by atoms with Crippen LogP contribution in [0.4, 0.5) is 0 Å². The zero-order valence-corrected chi connectivity index (χ0v) is 8.88. The van der Waals surface area contributed by atoms with Crippen LogP contribution in [0, 0.1) is 0 Å². The summed E-state index contributed by atoms with van der Waals surface area (Å²) in [4.78, 5) is 23.6. The molecule has 5 nitrogen and oxygen atoms in total. The molecule has 0 bridgehead atoms. The number of hydrogen-bond donors (Lipinski definition) is 2. The Kier molecular flexibility index (Phi) is 6.74. The second kappa shape index (κ2) is 7.32. The minimum Gasteiger partial charge on any atom is -0.368 e. The van der Waals surface area contributed by atoms with Crippen LogP contribution in [0.25, 0.3) is 0 Å². The van der Waals surface area contributed by atoms with E-state index in [2.05, 4.69) is 5.32 Å². The Balaban J connectivity index is 4.08. The van der Waals surface area contributed by atoms with Crippen LogP contribution in [0.1, 0.15) is 19.8 Å². The van der Waals surface area contributed by atoms with Gasteiger partial charge in [0, 0.05) is 6.54 Å². The van der Waals surface area contributed by atoms with Crippen molar-refractivity contribution in [2.45, 2.75) is 19.8 Å². The molecule has 0 aliphatic heterocycles. The average molecular weight is 201 g/mol. The van der Waals surface area contributed by atoms with Crippen LogP contribution >= 0.6 is 0 Å². The number of nitrogens with one attached hydrogen (secondary N) is 1. The molecule has 0 radical (unpaired) electrons. The molecule has 0 saturated heterocycles. The van der Waals surface area contributed by atoms with Gasteiger partial charge in [-0.1, -0.05) is 13.3 Å². The van der Waals surface area contributed by atoms with E-state index in [1.807, 2.05) is 6.92 Å². The first kappa shape index (κ1) is 12.9. The normalized spacial score (nSPS) is 9.86. The maximum Gasteiger partial charge on any atom is 0.237 e. The second-order valence-corrected chi connectivity index (χ2v) is 3.17. The van der Waals surface area contributed by atoms with Gasteiger partial charge < -0.3 is 16.0 Å². The fraction of sp³-hybridized carbons (Fsp3) is 0.778. The molecular weight excluding hydrogens is 182 g/mol. The highest BCUT2D eigenvalue weighted by molar-refractivity contribution is 5.84. The summed E-state index contributed by atoms with van der Waals surface area (Å²) in [6.45, 7) is 2.89. The van der Waals surface area contributed by atoms with Gasteiger partial charge in [0.2, 0.25) is 11.8 Å². The van der Waals surface area contributed by atoms with Crippen molar-refractivity contribution in [3.8, 4) is 0 Å². The number of primary amides is 1. The number of likely N-dealkylation sites (N-methyl/N-ethyl adjacent to an activating group) is 1. The number of amides is 2. The molecule has 0 saturated carbocycles.